The van der Waals surface area contributed by atoms with Gasteiger partial charge < -0.3 is 14.4 Å². The first kappa shape index (κ1) is 22.7. The van der Waals surface area contributed by atoms with E-state index in [9.17, 15) is 26.7 Å². The number of fused-ring (bicyclic) bond motifs is 1. The van der Waals surface area contributed by atoms with Crippen molar-refractivity contribution >= 4 is 17.9 Å². The summed E-state index contributed by atoms with van der Waals surface area (Å²) >= 11 is 5.89. The van der Waals surface area contributed by atoms with Gasteiger partial charge in [0, 0.05) is 10.6 Å². The predicted octanol–water partition coefficient (Wildman–Crippen LogP) is 3.65. The van der Waals surface area contributed by atoms with E-state index in [-0.39, 0.29) is 28.4 Å². The third-order valence-corrected chi connectivity index (χ3v) is 4.81. The van der Waals surface area contributed by atoms with Gasteiger partial charge in [0.15, 0.2) is 23.8 Å². The maximum atomic E-state index is 13.7. The van der Waals surface area contributed by atoms with E-state index in [4.69, 9.17) is 26.3 Å². The summed E-state index contributed by atoms with van der Waals surface area (Å²) in [4.78, 5) is 16.6. The lowest BCUT2D eigenvalue weighted by Crippen LogP contribution is -2.30. The van der Waals surface area contributed by atoms with Crippen LogP contribution in [-0.2, 0) is 11.3 Å². The van der Waals surface area contributed by atoms with Crippen LogP contribution in [0.3, 0.4) is 0 Å². The smallest absolute Gasteiger partial charge is 0.436 e. The number of H-pyrrole nitrogens is 1. The van der Waals surface area contributed by atoms with Gasteiger partial charge in [0.1, 0.15) is 11.4 Å². The summed E-state index contributed by atoms with van der Waals surface area (Å²) in [5.74, 6) is -0.810. The lowest BCUT2D eigenvalue weighted by Gasteiger charge is -2.16. The number of epoxide rings is 1. The molecule has 0 aliphatic carbocycles. The minimum Gasteiger partial charge on any atom is -0.456 e. The molecule has 0 spiro atoms. The van der Waals surface area contributed by atoms with E-state index in [1.54, 1.807) is 0 Å². The van der Waals surface area contributed by atoms with Gasteiger partial charge in [-0.2, -0.15) is 23.5 Å². The minimum atomic E-state index is -4.94. The molecule has 1 aromatic carbocycles. The highest BCUT2D eigenvalue weighted by atomic mass is 35.5. The zero-order chi connectivity index (χ0) is 23.9. The van der Waals surface area contributed by atoms with E-state index in [0.717, 1.165) is 17.3 Å². The second kappa shape index (κ2) is 8.45. The van der Waals surface area contributed by atoms with E-state index < -0.39 is 47.6 Å². The summed E-state index contributed by atoms with van der Waals surface area (Å²) in [5.41, 5.74) is -3.00. The third-order valence-electron chi connectivity index (χ3n) is 4.60. The largest absolute Gasteiger partial charge is 0.456 e. The molecule has 172 valence electrons. The predicted molar refractivity (Wildman–Crippen MR) is 102 cm³/mol. The Morgan fingerprint density at radius 3 is 2.73 bits per heavy atom. The van der Waals surface area contributed by atoms with Crippen LogP contribution in [0, 0.1) is 11.3 Å². The molecule has 33 heavy (non-hydrogen) atoms. The Bertz CT molecular complexity index is 1250. The van der Waals surface area contributed by atoms with Crippen LogP contribution in [-0.4, -0.2) is 39.9 Å². The molecule has 1 aromatic heterocycles. The van der Waals surface area contributed by atoms with Gasteiger partial charge in [-0.1, -0.05) is 11.6 Å². The quantitative estimate of drug-likeness (QED) is 0.509. The number of alkyl halides is 5. The molecule has 2 aliphatic heterocycles. The SMILES string of the molecule is N#Cc1cc(Cl)cc(OC2=C(C(F)(F)F)N=CN(Cc3cc(C(F)F)n[nH]c3=O)C3OC23)c1. The highest BCUT2D eigenvalue weighted by Gasteiger charge is 2.54. The molecule has 1 saturated heterocycles. The summed E-state index contributed by atoms with van der Waals surface area (Å²) in [6.07, 6.45) is -9.35. The van der Waals surface area contributed by atoms with Gasteiger partial charge in [0.25, 0.3) is 12.0 Å². The highest BCUT2D eigenvalue weighted by molar-refractivity contribution is 6.30. The van der Waals surface area contributed by atoms with Crippen LogP contribution in [0.2, 0.25) is 5.02 Å². The van der Waals surface area contributed by atoms with Crippen molar-refractivity contribution in [2.45, 2.75) is 31.5 Å². The molecule has 4 rings (SSSR count). The van der Waals surface area contributed by atoms with Crippen LogP contribution in [0.25, 0.3) is 0 Å². The van der Waals surface area contributed by atoms with Gasteiger partial charge >= 0.3 is 6.18 Å². The number of aromatic amines is 1. The summed E-state index contributed by atoms with van der Waals surface area (Å²) in [6.45, 7) is -0.379. The number of aliphatic imine (C=N–C) groups is 1. The number of nitrogens with one attached hydrogen (secondary N) is 1. The maximum Gasteiger partial charge on any atom is 0.436 e. The number of hydrogen-bond donors (Lipinski definition) is 1. The fourth-order valence-electron chi connectivity index (χ4n) is 3.10. The van der Waals surface area contributed by atoms with Crippen LogP contribution < -0.4 is 10.3 Å². The number of allylic oxidation sites excluding steroid dienone is 1. The van der Waals surface area contributed by atoms with Crippen molar-refractivity contribution < 1.29 is 31.4 Å². The number of aromatic nitrogens is 2. The number of halogens is 6. The minimum absolute atomic E-state index is 0.0606. The van der Waals surface area contributed by atoms with E-state index in [0.29, 0.717) is 0 Å². The molecule has 0 bridgehead atoms. The number of ether oxygens (including phenoxy) is 2. The molecule has 2 aliphatic rings. The number of rotatable bonds is 5. The average molecular weight is 488 g/mol. The zero-order valence-corrected chi connectivity index (χ0v) is 16.9. The summed E-state index contributed by atoms with van der Waals surface area (Å²) in [6, 6.07) is 6.38. The van der Waals surface area contributed by atoms with Gasteiger partial charge in [-0.15, -0.1) is 0 Å². The van der Waals surface area contributed by atoms with Crippen LogP contribution in [0.5, 0.6) is 5.75 Å². The number of benzene rings is 1. The number of nitriles is 1. The van der Waals surface area contributed by atoms with Gasteiger partial charge in [0.2, 0.25) is 0 Å². The first-order chi connectivity index (χ1) is 15.6. The van der Waals surface area contributed by atoms with Crippen LogP contribution in [0.4, 0.5) is 22.0 Å². The molecule has 0 radical (unpaired) electrons. The van der Waals surface area contributed by atoms with Gasteiger partial charge in [-0.25, -0.2) is 18.9 Å². The summed E-state index contributed by atoms with van der Waals surface area (Å²) in [7, 11) is 0. The Hall–Kier alpha value is -3.50. The Morgan fingerprint density at radius 2 is 2.06 bits per heavy atom. The molecule has 2 atom stereocenters. The van der Waals surface area contributed by atoms with Crippen LogP contribution in [0.15, 0.2) is 45.5 Å². The standard InChI is InChI=1S/C19H11ClF5N5O3/c20-10-1-8(5-26)2-11(4-10)32-13-14-18(33-14)30(7-27-15(13)19(23,24)25)6-9-3-12(16(21)22)28-29-17(9)31/h1-4,7,14,16,18H,6H2,(H,29,31). The molecule has 8 nitrogen and oxygen atoms in total. The van der Waals surface area contributed by atoms with Gasteiger partial charge in [-0.05, 0) is 24.3 Å². The van der Waals surface area contributed by atoms with Crippen LogP contribution >= 0.6 is 11.6 Å². The first-order valence-electron chi connectivity index (χ1n) is 9.09. The Kier molecular flexibility index (Phi) is 5.81. The molecule has 0 amide bonds. The van der Waals surface area contributed by atoms with Crippen molar-refractivity contribution in [3.05, 3.63) is 67.9 Å². The molecule has 2 aromatic rings. The lowest BCUT2D eigenvalue weighted by molar-refractivity contribution is -0.0952. The van der Waals surface area contributed by atoms with E-state index in [2.05, 4.69) is 10.1 Å². The second-order valence-electron chi connectivity index (χ2n) is 6.91. The Balaban J connectivity index is 1.65. The van der Waals surface area contributed by atoms with Gasteiger partial charge in [-0.3, -0.25) is 4.79 Å². The summed E-state index contributed by atoms with van der Waals surface area (Å²) < 4.78 is 77.6. The van der Waals surface area contributed by atoms with E-state index >= 15 is 0 Å². The third kappa shape index (κ3) is 4.81. The molecule has 0 saturated carbocycles. The van der Waals surface area contributed by atoms with Crippen molar-refractivity contribution in [2.24, 2.45) is 4.99 Å². The second-order valence-corrected chi connectivity index (χ2v) is 7.35. The molecule has 14 heteroatoms. The average Bonchev–Trinajstić information content (AvgIpc) is 3.53. The van der Waals surface area contributed by atoms with Gasteiger partial charge in [0.05, 0.1) is 24.5 Å². The van der Waals surface area contributed by atoms with Crippen molar-refractivity contribution in [3.63, 3.8) is 0 Å². The monoisotopic (exact) mass is 487 g/mol. The molecular formula is C19H11ClF5N5O3. The molecule has 1 N–H and O–H groups in total. The van der Waals surface area contributed by atoms with Crippen molar-refractivity contribution in [2.75, 3.05) is 0 Å². The normalized spacial score (nSPS) is 19.9. The first-order valence-corrected chi connectivity index (χ1v) is 9.46. The molecule has 1 fully saturated rings. The number of nitrogens with zero attached hydrogens (tertiary/aromatic N) is 4. The van der Waals surface area contributed by atoms with E-state index in [1.807, 2.05) is 11.2 Å². The maximum absolute atomic E-state index is 13.7. The lowest BCUT2D eigenvalue weighted by atomic mass is 10.2. The topological polar surface area (TPSA) is 107 Å². The van der Waals surface area contributed by atoms with Crippen LogP contribution in [0.1, 0.15) is 23.2 Å². The zero-order valence-electron chi connectivity index (χ0n) is 16.1. The summed E-state index contributed by atoms with van der Waals surface area (Å²) in [5, 5.41) is 14.3. The highest BCUT2D eigenvalue weighted by Crippen LogP contribution is 2.42. The Morgan fingerprint density at radius 1 is 1.30 bits per heavy atom. The molecule has 3 heterocycles. The molecular weight excluding hydrogens is 477 g/mol. The van der Waals surface area contributed by atoms with E-state index in [1.165, 1.54) is 18.2 Å². The van der Waals surface area contributed by atoms with Crippen molar-refractivity contribution in [1.82, 2.24) is 15.1 Å². The fourth-order valence-corrected chi connectivity index (χ4v) is 3.32. The fraction of sp³-hybridized carbons (Fsp3) is 0.263. The Labute approximate surface area is 186 Å². The van der Waals surface area contributed by atoms with Crippen molar-refractivity contribution in [1.29, 1.82) is 5.26 Å². The van der Waals surface area contributed by atoms with Crippen molar-refractivity contribution in [3.8, 4) is 11.8 Å². The molecule has 2 unspecified atom stereocenters. The number of hydrogen-bond acceptors (Lipinski definition) is 7.